The third-order valence-electron chi connectivity index (χ3n) is 3.76. The van der Waals surface area contributed by atoms with E-state index in [1.165, 1.54) is 0 Å². The number of hydrogen-bond donors (Lipinski definition) is 1. The van der Waals surface area contributed by atoms with Gasteiger partial charge in [0.15, 0.2) is 0 Å². The van der Waals surface area contributed by atoms with Gasteiger partial charge in [-0.3, -0.25) is 0 Å². The first kappa shape index (κ1) is 15.5. The van der Waals surface area contributed by atoms with Crippen LogP contribution < -0.4 is 4.72 Å². The van der Waals surface area contributed by atoms with Crippen molar-refractivity contribution in [2.75, 3.05) is 0 Å². The zero-order valence-electron chi connectivity index (χ0n) is 12.7. The van der Waals surface area contributed by atoms with Crippen molar-refractivity contribution in [1.82, 2.24) is 14.9 Å². The fourth-order valence-corrected chi connectivity index (χ4v) is 4.48. The Kier molecular flexibility index (Phi) is 3.95. The Morgan fingerprint density at radius 1 is 1.21 bits per heavy atom. The van der Waals surface area contributed by atoms with Crippen molar-refractivity contribution in [2.45, 2.75) is 29.5 Å². The molecule has 3 aromatic rings. The van der Waals surface area contributed by atoms with Crippen LogP contribution in [0.4, 0.5) is 0 Å². The van der Waals surface area contributed by atoms with Crippen molar-refractivity contribution >= 4 is 21.4 Å². The molecular formula is C16H15N3O3S2. The van der Waals surface area contributed by atoms with Crippen LogP contribution in [0.3, 0.4) is 0 Å². The van der Waals surface area contributed by atoms with Gasteiger partial charge in [-0.25, -0.2) is 13.1 Å². The van der Waals surface area contributed by atoms with Crippen molar-refractivity contribution < 1.29 is 12.8 Å². The van der Waals surface area contributed by atoms with Crippen LogP contribution >= 0.6 is 11.3 Å². The van der Waals surface area contributed by atoms with E-state index >= 15 is 0 Å². The molecule has 24 heavy (non-hydrogen) atoms. The molecule has 1 aliphatic rings. The molecule has 1 N–H and O–H groups in total. The number of hydrogen-bond acceptors (Lipinski definition) is 6. The minimum absolute atomic E-state index is 0.236. The standard InChI is InChI=1S/C16H15N3O3S2/c20-24(21,17-9-11-4-2-1-3-5-11)14-8-13(10-23-14)16-19-18-15(22-16)12-6-7-12/h1-5,8,10,12,17H,6-7,9H2. The molecule has 1 fully saturated rings. The lowest BCUT2D eigenvalue weighted by Crippen LogP contribution is -2.22. The lowest BCUT2D eigenvalue weighted by Gasteiger charge is -2.04. The summed E-state index contributed by atoms with van der Waals surface area (Å²) in [4.78, 5) is 0. The normalized spacial score (nSPS) is 14.8. The summed E-state index contributed by atoms with van der Waals surface area (Å²) in [5.74, 6) is 1.39. The zero-order chi connectivity index (χ0) is 16.6. The van der Waals surface area contributed by atoms with Crippen molar-refractivity contribution in [3.63, 3.8) is 0 Å². The Balaban J connectivity index is 1.50. The fourth-order valence-electron chi connectivity index (χ4n) is 2.26. The van der Waals surface area contributed by atoms with Gasteiger partial charge in [0.05, 0.1) is 5.56 Å². The highest BCUT2D eigenvalue weighted by molar-refractivity contribution is 7.91. The molecule has 2 aromatic heterocycles. The molecule has 4 rings (SSSR count). The number of benzene rings is 1. The molecule has 0 radical (unpaired) electrons. The maximum absolute atomic E-state index is 12.4. The smallest absolute Gasteiger partial charge is 0.250 e. The summed E-state index contributed by atoms with van der Waals surface area (Å²) in [6, 6.07) is 11.0. The Morgan fingerprint density at radius 3 is 2.75 bits per heavy atom. The first-order chi connectivity index (χ1) is 11.6. The molecule has 0 bridgehead atoms. The molecule has 6 nitrogen and oxygen atoms in total. The zero-order valence-corrected chi connectivity index (χ0v) is 14.3. The molecule has 2 heterocycles. The Hall–Kier alpha value is -2.03. The average Bonchev–Trinajstić information content (AvgIpc) is 3.12. The van der Waals surface area contributed by atoms with E-state index in [2.05, 4.69) is 14.9 Å². The molecule has 0 atom stereocenters. The van der Waals surface area contributed by atoms with Crippen LogP contribution in [0.15, 0.2) is 50.4 Å². The van der Waals surface area contributed by atoms with Crippen molar-refractivity contribution in [2.24, 2.45) is 0 Å². The third-order valence-corrected chi connectivity index (χ3v) is 6.60. The predicted molar refractivity (Wildman–Crippen MR) is 90.1 cm³/mol. The molecule has 1 saturated carbocycles. The highest BCUT2D eigenvalue weighted by Crippen LogP contribution is 2.40. The van der Waals surface area contributed by atoms with Gasteiger partial charge in [-0.15, -0.1) is 21.5 Å². The van der Waals surface area contributed by atoms with Crippen LogP contribution in [-0.4, -0.2) is 18.6 Å². The van der Waals surface area contributed by atoms with E-state index in [4.69, 9.17) is 4.42 Å². The van der Waals surface area contributed by atoms with Gasteiger partial charge in [-0.05, 0) is 24.5 Å². The highest BCUT2D eigenvalue weighted by Gasteiger charge is 2.30. The summed E-state index contributed by atoms with van der Waals surface area (Å²) < 4.78 is 33.3. The number of nitrogens with zero attached hydrogens (tertiary/aromatic N) is 2. The molecule has 0 saturated heterocycles. The van der Waals surface area contributed by atoms with E-state index in [0.29, 0.717) is 23.3 Å². The Labute approximate surface area is 143 Å². The largest absolute Gasteiger partial charge is 0.420 e. The summed E-state index contributed by atoms with van der Waals surface area (Å²) in [7, 11) is -3.56. The van der Waals surface area contributed by atoms with Crippen LogP contribution in [-0.2, 0) is 16.6 Å². The minimum atomic E-state index is -3.56. The van der Waals surface area contributed by atoms with Crippen LogP contribution in [0, 0.1) is 0 Å². The second-order valence-electron chi connectivity index (χ2n) is 5.68. The SMILES string of the molecule is O=S(=O)(NCc1ccccc1)c1cc(-c2nnc(C3CC3)o2)cs1. The van der Waals surface area contributed by atoms with Crippen molar-refractivity contribution in [3.8, 4) is 11.5 Å². The fraction of sp³-hybridized carbons (Fsp3) is 0.250. The van der Waals surface area contributed by atoms with E-state index in [1.54, 1.807) is 11.4 Å². The number of thiophene rings is 1. The average molecular weight is 361 g/mol. The molecule has 0 unspecified atom stereocenters. The monoisotopic (exact) mass is 361 g/mol. The molecule has 124 valence electrons. The van der Waals surface area contributed by atoms with Crippen LogP contribution in [0.5, 0.6) is 0 Å². The maximum atomic E-state index is 12.4. The summed E-state index contributed by atoms with van der Waals surface area (Å²) in [6.45, 7) is 0.253. The molecule has 1 aromatic carbocycles. The van der Waals surface area contributed by atoms with E-state index in [-0.39, 0.29) is 10.8 Å². The van der Waals surface area contributed by atoms with Crippen LogP contribution in [0.25, 0.3) is 11.5 Å². The number of aromatic nitrogens is 2. The van der Waals surface area contributed by atoms with E-state index in [9.17, 15) is 8.42 Å². The van der Waals surface area contributed by atoms with E-state index in [0.717, 1.165) is 29.7 Å². The molecule has 0 amide bonds. The van der Waals surface area contributed by atoms with Gasteiger partial charge in [0.1, 0.15) is 4.21 Å². The summed E-state index contributed by atoms with van der Waals surface area (Å²) in [6.07, 6.45) is 2.16. The van der Waals surface area contributed by atoms with Crippen LogP contribution in [0.1, 0.15) is 30.2 Å². The molecule has 8 heteroatoms. The second kappa shape index (κ2) is 6.12. The lowest BCUT2D eigenvalue weighted by molar-refractivity contribution is 0.508. The van der Waals surface area contributed by atoms with Gasteiger partial charge in [-0.2, -0.15) is 0 Å². The Morgan fingerprint density at radius 2 is 2.00 bits per heavy atom. The molecular weight excluding hydrogens is 346 g/mol. The van der Waals surface area contributed by atoms with Gasteiger partial charge in [0, 0.05) is 17.8 Å². The maximum Gasteiger partial charge on any atom is 0.250 e. The van der Waals surface area contributed by atoms with Gasteiger partial charge < -0.3 is 4.42 Å². The quantitative estimate of drug-likeness (QED) is 0.729. The summed E-state index contributed by atoms with van der Waals surface area (Å²) in [5, 5.41) is 9.76. The summed E-state index contributed by atoms with van der Waals surface area (Å²) in [5.41, 5.74) is 1.54. The number of nitrogens with one attached hydrogen (secondary N) is 1. The van der Waals surface area contributed by atoms with Crippen LogP contribution in [0.2, 0.25) is 0 Å². The van der Waals surface area contributed by atoms with Crippen molar-refractivity contribution in [3.05, 3.63) is 53.2 Å². The summed E-state index contributed by atoms with van der Waals surface area (Å²) >= 11 is 1.14. The molecule has 1 aliphatic carbocycles. The topological polar surface area (TPSA) is 85.1 Å². The minimum Gasteiger partial charge on any atom is -0.420 e. The third kappa shape index (κ3) is 3.26. The second-order valence-corrected chi connectivity index (χ2v) is 8.59. The number of rotatable bonds is 6. The first-order valence-corrected chi connectivity index (χ1v) is 9.94. The number of sulfonamides is 1. The van der Waals surface area contributed by atoms with E-state index < -0.39 is 10.0 Å². The molecule has 0 aliphatic heterocycles. The predicted octanol–water partition coefficient (Wildman–Crippen LogP) is 3.15. The van der Waals surface area contributed by atoms with Gasteiger partial charge in [0.2, 0.25) is 21.8 Å². The van der Waals surface area contributed by atoms with E-state index in [1.807, 2.05) is 30.3 Å². The molecule has 0 spiro atoms. The lowest BCUT2D eigenvalue weighted by atomic mass is 10.2. The van der Waals surface area contributed by atoms with Gasteiger partial charge >= 0.3 is 0 Å². The highest BCUT2D eigenvalue weighted by atomic mass is 32.2. The Bertz CT molecular complexity index is 944. The first-order valence-electron chi connectivity index (χ1n) is 7.58. The van der Waals surface area contributed by atoms with Gasteiger partial charge in [0.25, 0.3) is 0 Å². The van der Waals surface area contributed by atoms with Gasteiger partial charge in [-0.1, -0.05) is 30.3 Å². The van der Waals surface area contributed by atoms with Crippen molar-refractivity contribution in [1.29, 1.82) is 0 Å².